The first-order valence-electron chi connectivity index (χ1n) is 11.8. The van der Waals surface area contributed by atoms with Crippen LogP contribution in [0.2, 0.25) is 0 Å². The van der Waals surface area contributed by atoms with E-state index in [0.717, 1.165) is 38.5 Å². The molecule has 2 aliphatic carbocycles. The van der Waals surface area contributed by atoms with Crippen LogP contribution in [-0.4, -0.2) is 48.4 Å². The van der Waals surface area contributed by atoms with Crippen molar-refractivity contribution in [1.29, 1.82) is 5.26 Å². The van der Waals surface area contributed by atoms with E-state index in [1.54, 1.807) is 19.2 Å². The lowest BCUT2D eigenvalue weighted by molar-refractivity contribution is 0.161. The number of pyridine rings is 2. The maximum absolute atomic E-state index is 14.6. The summed E-state index contributed by atoms with van der Waals surface area (Å²) in [5.74, 6) is 0.909. The van der Waals surface area contributed by atoms with Gasteiger partial charge in [-0.2, -0.15) is 5.26 Å². The first-order valence-corrected chi connectivity index (χ1v) is 11.8. The molecule has 4 rings (SSSR count). The van der Waals surface area contributed by atoms with Crippen LogP contribution in [0.3, 0.4) is 0 Å². The molecule has 1 atom stereocenters. The molecular weight excluding hydrogens is 419 g/mol. The molecule has 0 spiro atoms. The Balaban J connectivity index is 1.37. The average Bonchev–Trinajstić information content (AvgIpc) is 3.61. The van der Waals surface area contributed by atoms with Gasteiger partial charge in [-0.15, -0.1) is 0 Å². The Hall–Kier alpha value is -2.76. The second-order valence-corrected chi connectivity index (χ2v) is 9.42. The third-order valence-corrected chi connectivity index (χ3v) is 6.60. The van der Waals surface area contributed by atoms with Crippen LogP contribution in [0, 0.1) is 22.6 Å². The minimum atomic E-state index is -0.402. The van der Waals surface area contributed by atoms with Gasteiger partial charge in [0.15, 0.2) is 5.82 Å². The van der Waals surface area contributed by atoms with E-state index in [1.165, 1.54) is 6.20 Å². The van der Waals surface area contributed by atoms with Gasteiger partial charge in [-0.25, -0.2) is 14.4 Å². The molecule has 2 heterocycles. The highest BCUT2D eigenvalue weighted by Gasteiger charge is 2.42. The molecule has 0 unspecified atom stereocenters. The van der Waals surface area contributed by atoms with E-state index in [2.05, 4.69) is 38.9 Å². The number of anilines is 2. The van der Waals surface area contributed by atoms with Crippen LogP contribution >= 0.6 is 0 Å². The van der Waals surface area contributed by atoms with E-state index < -0.39 is 5.82 Å². The first-order chi connectivity index (χ1) is 16.0. The van der Waals surface area contributed by atoms with Crippen molar-refractivity contribution >= 4 is 11.6 Å². The van der Waals surface area contributed by atoms with E-state index in [1.807, 2.05) is 12.1 Å². The lowest BCUT2D eigenvalue weighted by Crippen LogP contribution is -2.42. The largest absolute Gasteiger partial charge is 0.383 e. The van der Waals surface area contributed by atoms with Crippen molar-refractivity contribution in [1.82, 2.24) is 15.3 Å². The van der Waals surface area contributed by atoms with E-state index >= 15 is 0 Å². The molecule has 3 N–H and O–H groups in total. The molecule has 2 aromatic heterocycles. The Morgan fingerprint density at radius 1 is 1.21 bits per heavy atom. The summed E-state index contributed by atoms with van der Waals surface area (Å²) < 4.78 is 19.8. The van der Waals surface area contributed by atoms with Crippen molar-refractivity contribution in [3.63, 3.8) is 0 Å². The second kappa shape index (κ2) is 10.4. The van der Waals surface area contributed by atoms with Gasteiger partial charge < -0.3 is 20.7 Å². The van der Waals surface area contributed by atoms with Crippen molar-refractivity contribution < 1.29 is 9.13 Å². The third kappa shape index (κ3) is 6.18. The molecule has 0 bridgehead atoms. The van der Waals surface area contributed by atoms with Crippen LogP contribution in [0.5, 0.6) is 0 Å². The van der Waals surface area contributed by atoms with Gasteiger partial charge in [0.1, 0.15) is 11.6 Å². The second-order valence-electron chi connectivity index (χ2n) is 9.42. The smallest absolute Gasteiger partial charge is 0.151 e. The van der Waals surface area contributed by atoms with Crippen molar-refractivity contribution in [3.8, 4) is 17.3 Å². The molecule has 2 aliphatic rings. The number of methoxy groups -OCH3 is 1. The minimum absolute atomic E-state index is 0.271. The fraction of sp³-hybridized carbons (Fsp3) is 0.560. The zero-order valence-electron chi connectivity index (χ0n) is 19.4. The Morgan fingerprint density at radius 2 is 1.97 bits per heavy atom. The van der Waals surface area contributed by atoms with Crippen molar-refractivity contribution in [2.24, 2.45) is 5.41 Å². The summed E-state index contributed by atoms with van der Waals surface area (Å²) in [5, 5.41) is 19.6. The quantitative estimate of drug-likeness (QED) is 0.493. The van der Waals surface area contributed by atoms with Crippen LogP contribution in [0.1, 0.15) is 45.4 Å². The van der Waals surface area contributed by atoms with Crippen LogP contribution < -0.4 is 16.0 Å². The monoisotopic (exact) mass is 452 g/mol. The molecule has 2 saturated carbocycles. The average molecular weight is 453 g/mol. The summed E-state index contributed by atoms with van der Waals surface area (Å²) in [5.41, 5.74) is 0.693. The van der Waals surface area contributed by atoms with Crippen LogP contribution in [0.25, 0.3) is 11.3 Å². The molecule has 8 heteroatoms. The van der Waals surface area contributed by atoms with Crippen LogP contribution in [-0.2, 0) is 4.74 Å². The van der Waals surface area contributed by atoms with E-state index in [9.17, 15) is 9.65 Å². The molecule has 2 aromatic rings. The summed E-state index contributed by atoms with van der Waals surface area (Å²) in [6.07, 6.45) is 7.31. The van der Waals surface area contributed by atoms with Gasteiger partial charge in [0, 0.05) is 37.3 Å². The first kappa shape index (κ1) is 23.4. The summed E-state index contributed by atoms with van der Waals surface area (Å²) in [4.78, 5) is 8.84. The number of hydrogen-bond acceptors (Lipinski definition) is 7. The van der Waals surface area contributed by atoms with E-state index in [4.69, 9.17) is 4.74 Å². The van der Waals surface area contributed by atoms with Gasteiger partial charge in [0.05, 0.1) is 30.0 Å². The highest BCUT2D eigenvalue weighted by molar-refractivity contribution is 5.65. The number of nitrogens with one attached hydrogen (secondary N) is 3. The molecule has 33 heavy (non-hydrogen) atoms. The zero-order chi connectivity index (χ0) is 23.3. The topological polar surface area (TPSA) is 94.9 Å². The summed E-state index contributed by atoms with van der Waals surface area (Å²) in [6.45, 7) is 3.42. The fourth-order valence-corrected chi connectivity index (χ4v) is 4.45. The predicted octanol–water partition coefficient (Wildman–Crippen LogP) is 4.35. The van der Waals surface area contributed by atoms with E-state index in [-0.39, 0.29) is 5.41 Å². The molecular formula is C25H33FN6O. The number of hydrogen-bond donors (Lipinski definition) is 3. The van der Waals surface area contributed by atoms with Gasteiger partial charge in [-0.05, 0) is 63.6 Å². The maximum atomic E-state index is 14.6. The number of aromatic nitrogens is 2. The number of rotatable bonds is 10. The number of nitriles is 1. The standard InChI is InChI=1S/C25H33FN6O/c1-17(14-33-2)30-18-6-8-19(9-7-18)31-24-12-20(21(26)13-28-24)22-4-3-5-23(32-22)29-16-25(15-27)10-11-25/h3-5,12-13,17-19,30H,6-11,14,16H2,1-2H3,(H,28,31)(H,29,32)/t17-,18-,19-/m0/s1. The molecule has 7 nitrogen and oxygen atoms in total. The van der Waals surface area contributed by atoms with E-state index in [0.29, 0.717) is 54.2 Å². The highest BCUT2D eigenvalue weighted by atomic mass is 19.1. The maximum Gasteiger partial charge on any atom is 0.151 e. The Labute approximate surface area is 195 Å². The molecule has 0 radical (unpaired) electrons. The summed E-state index contributed by atoms with van der Waals surface area (Å²) in [6, 6.07) is 10.8. The van der Waals surface area contributed by atoms with Crippen molar-refractivity contribution in [3.05, 3.63) is 36.3 Å². The van der Waals surface area contributed by atoms with Gasteiger partial charge in [-0.1, -0.05) is 6.07 Å². The lowest BCUT2D eigenvalue weighted by Gasteiger charge is -2.31. The number of ether oxygens (including phenoxy) is 1. The fourth-order valence-electron chi connectivity index (χ4n) is 4.45. The lowest BCUT2D eigenvalue weighted by atomic mass is 9.90. The number of nitrogens with zero attached hydrogens (tertiary/aromatic N) is 3. The zero-order valence-corrected chi connectivity index (χ0v) is 19.4. The van der Waals surface area contributed by atoms with Crippen molar-refractivity contribution in [2.45, 2.75) is 63.6 Å². The molecule has 0 amide bonds. The molecule has 0 saturated heterocycles. The van der Waals surface area contributed by atoms with Gasteiger partial charge in [0.2, 0.25) is 0 Å². The minimum Gasteiger partial charge on any atom is -0.383 e. The third-order valence-electron chi connectivity index (χ3n) is 6.60. The van der Waals surface area contributed by atoms with Crippen molar-refractivity contribution in [2.75, 3.05) is 30.9 Å². The normalized spacial score (nSPS) is 22.2. The number of halogens is 1. The van der Waals surface area contributed by atoms with Crippen LogP contribution in [0.15, 0.2) is 30.5 Å². The van der Waals surface area contributed by atoms with Gasteiger partial charge in [0.25, 0.3) is 0 Å². The Morgan fingerprint density at radius 3 is 2.67 bits per heavy atom. The predicted molar refractivity (Wildman–Crippen MR) is 127 cm³/mol. The molecule has 0 aliphatic heterocycles. The molecule has 176 valence electrons. The van der Waals surface area contributed by atoms with Crippen LogP contribution in [0.4, 0.5) is 16.0 Å². The molecule has 0 aromatic carbocycles. The Kier molecular flexibility index (Phi) is 7.41. The van der Waals surface area contributed by atoms with Gasteiger partial charge in [-0.3, -0.25) is 0 Å². The summed E-state index contributed by atoms with van der Waals surface area (Å²) in [7, 11) is 1.73. The Bertz CT molecular complexity index is 981. The summed E-state index contributed by atoms with van der Waals surface area (Å²) >= 11 is 0. The highest BCUT2D eigenvalue weighted by Crippen LogP contribution is 2.44. The van der Waals surface area contributed by atoms with Gasteiger partial charge >= 0.3 is 0 Å². The molecule has 2 fully saturated rings. The SMILES string of the molecule is COC[C@H](C)N[C@H]1CC[C@H](Nc2cc(-c3cccc(NCC4(C#N)CC4)n3)c(F)cn2)CC1.